The van der Waals surface area contributed by atoms with Gasteiger partial charge in [0.2, 0.25) is 0 Å². The highest BCUT2D eigenvalue weighted by Gasteiger charge is 2.39. The minimum absolute atomic E-state index is 0.0513. The van der Waals surface area contributed by atoms with Crippen molar-refractivity contribution in [3.63, 3.8) is 0 Å². The second kappa shape index (κ2) is 7.21. The van der Waals surface area contributed by atoms with Gasteiger partial charge in [0.1, 0.15) is 5.75 Å². The maximum Gasteiger partial charge on any atom is 0.338 e. The molecule has 0 bridgehead atoms. The van der Waals surface area contributed by atoms with Gasteiger partial charge in [-0.25, -0.2) is 13.2 Å². The number of carbonyl (C=O) groups is 2. The predicted octanol–water partition coefficient (Wildman–Crippen LogP) is 0.936. The summed E-state index contributed by atoms with van der Waals surface area (Å²) in [7, 11) is -3.12. The summed E-state index contributed by atoms with van der Waals surface area (Å²) in [5, 5.41) is 2.63. The lowest BCUT2D eigenvalue weighted by molar-refractivity contribution is -0.125. The molecule has 1 N–H and O–H groups in total. The number of nitrogens with one attached hydrogen (secondary N) is 1. The maximum absolute atomic E-state index is 11.9. The van der Waals surface area contributed by atoms with E-state index < -0.39 is 33.9 Å². The van der Waals surface area contributed by atoms with Crippen LogP contribution in [0.15, 0.2) is 24.3 Å². The van der Waals surface area contributed by atoms with Crippen molar-refractivity contribution in [3.05, 3.63) is 29.8 Å². The molecule has 1 aliphatic heterocycles. The highest BCUT2D eigenvalue weighted by atomic mass is 32.2. The lowest BCUT2D eigenvalue weighted by Gasteiger charge is -2.23. The fourth-order valence-electron chi connectivity index (χ4n) is 2.55. The molecule has 1 aliphatic rings. The zero-order valence-electron chi connectivity index (χ0n) is 13.7. The smallest absolute Gasteiger partial charge is 0.338 e. The molecule has 1 aromatic rings. The largest absolute Gasteiger partial charge is 0.494 e. The summed E-state index contributed by atoms with van der Waals surface area (Å²) in [5.74, 6) is -0.553. The first-order valence-electron chi connectivity index (χ1n) is 7.64. The van der Waals surface area contributed by atoms with Gasteiger partial charge < -0.3 is 14.8 Å². The molecule has 0 radical (unpaired) electrons. The number of ether oxygens (including phenoxy) is 2. The molecule has 1 saturated heterocycles. The van der Waals surface area contributed by atoms with Crippen LogP contribution in [0.4, 0.5) is 0 Å². The van der Waals surface area contributed by atoms with Gasteiger partial charge in [0.05, 0.1) is 29.2 Å². The van der Waals surface area contributed by atoms with Crippen LogP contribution in [0.5, 0.6) is 5.75 Å². The van der Waals surface area contributed by atoms with Crippen molar-refractivity contribution < 1.29 is 27.5 Å². The van der Waals surface area contributed by atoms with Crippen molar-refractivity contribution >= 4 is 21.7 Å². The Balaban J connectivity index is 1.84. The van der Waals surface area contributed by atoms with Gasteiger partial charge in [-0.3, -0.25) is 4.79 Å². The molecule has 132 valence electrons. The number of hydrogen-bond donors (Lipinski definition) is 1. The predicted molar refractivity (Wildman–Crippen MR) is 87.7 cm³/mol. The quantitative estimate of drug-likeness (QED) is 0.763. The molecule has 1 aromatic carbocycles. The third-order valence-corrected chi connectivity index (χ3v) is 5.58. The van der Waals surface area contributed by atoms with Crippen LogP contribution in [-0.4, -0.2) is 50.6 Å². The van der Waals surface area contributed by atoms with Crippen molar-refractivity contribution in [1.29, 1.82) is 0 Å². The maximum atomic E-state index is 11.9. The average molecular weight is 355 g/mol. The van der Waals surface area contributed by atoms with Crippen LogP contribution in [0.3, 0.4) is 0 Å². The lowest BCUT2D eigenvalue weighted by atomic mass is 10.0. The fraction of sp³-hybridized carbons (Fsp3) is 0.500. The van der Waals surface area contributed by atoms with Crippen LogP contribution in [0.25, 0.3) is 0 Å². The van der Waals surface area contributed by atoms with Gasteiger partial charge in [0.15, 0.2) is 16.4 Å². The Morgan fingerprint density at radius 2 is 1.92 bits per heavy atom. The first-order valence-corrected chi connectivity index (χ1v) is 9.47. The van der Waals surface area contributed by atoms with Gasteiger partial charge in [0.25, 0.3) is 5.91 Å². The molecule has 24 heavy (non-hydrogen) atoms. The van der Waals surface area contributed by atoms with Crippen molar-refractivity contribution in [2.45, 2.75) is 25.8 Å². The van der Waals surface area contributed by atoms with Crippen LogP contribution < -0.4 is 10.1 Å². The van der Waals surface area contributed by atoms with Crippen molar-refractivity contribution in [2.75, 3.05) is 24.7 Å². The summed E-state index contributed by atoms with van der Waals surface area (Å²) in [6.45, 7) is 3.60. The summed E-state index contributed by atoms with van der Waals surface area (Å²) in [6, 6.07) is 6.39. The van der Waals surface area contributed by atoms with Crippen molar-refractivity contribution in [1.82, 2.24) is 5.32 Å². The molecule has 7 nitrogen and oxygen atoms in total. The van der Waals surface area contributed by atoms with Crippen LogP contribution in [-0.2, 0) is 19.4 Å². The zero-order valence-corrected chi connectivity index (χ0v) is 14.5. The van der Waals surface area contributed by atoms with E-state index in [1.54, 1.807) is 31.2 Å². The molecule has 1 amide bonds. The van der Waals surface area contributed by atoms with E-state index in [0.717, 1.165) is 0 Å². The van der Waals surface area contributed by atoms with Gasteiger partial charge in [-0.15, -0.1) is 0 Å². The summed E-state index contributed by atoms with van der Waals surface area (Å²) in [5.41, 5.74) is -0.498. The Bertz CT molecular complexity index is 713. The summed E-state index contributed by atoms with van der Waals surface area (Å²) >= 11 is 0. The highest BCUT2D eigenvalue weighted by Crippen LogP contribution is 2.22. The second-order valence-electron chi connectivity index (χ2n) is 5.98. The number of amides is 1. The number of rotatable bonds is 6. The van der Waals surface area contributed by atoms with E-state index in [2.05, 4.69) is 5.32 Å². The highest BCUT2D eigenvalue weighted by molar-refractivity contribution is 7.91. The summed E-state index contributed by atoms with van der Waals surface area (Å²) in [6.07, 6.45) is 0.355. The Kier molecular flexibility index (Phi) is 5.48. The standard InChI is InChI=1S/C16H21NO6S/c1-3-22-13-6-4-12(5-7-13)15(19)23-10-14(18)17-16(2)8-9-24(20,21)11-16/h4-7H,3,8-11H2,1-2H3,(H,17,18). The molecule has 0 aromatic heterocycles. The summed E-state index contributed by atoms with van der Waals surface area (Å²) in [4.78, 5) is 23.8. The van der Waals surface area contributed by atoms with Crippen molar-refractivity contribution in [3.8, 4) is 5.75 Å². The van der Waals surface area contributed by atoms with E-state index in [9.17, 15) is 18.0 Å². The monoisotopic (exact) mass is 355 g/mol. The van der Waals surface area contributed by atoms with Gasteiger partial charge in [-0.1, -0.05) is 0 Å². The van der Waals surface area contributed by atoms with Gasteiger partial charge in [-0.05, 0) is 44.5 Å². The van der Waals surface area contributed by atoms with Crippen LogP contribution in [0, 0.1) is 0 Å². The molecule has 0 aliphatic carbocycles. The van der Waals surface area contributed by atoms with Gasteiger partial charge in [-0.2, -0.15) is 0 Å². The molecule has 1 heterocycles. The Morgan fingerprint density at radius 3 is 2.46 bits per heavy atom. The molecule has 0 spiro atoms. The zero-order chi connectivity index (χ0) is 17.8. The molecule has 8 heteroatoms. The minimum Gasteiger partial charge on any atom is -0.494 e. The molecule has 0 saturated carbocycles. The molecule has 1 fully saturated rings. The third-order valence-electron chi connectivity index (χ3n) is 3.68. The summed E-state index contributed by atoms with van der Waals surface area (Å²) < 4.78 is 33.2. The Morgan fingerprint density at radius 1 is 1.25 bits per heavy atom. The lowest BCUT2D eigenvalue weighted by Crippen LogP contribution is -2.48. The number of sulfone groups is 1. The van der Waals surface area contributed by atoms with Crippen LogP contribution >= 0.6 is 0 Å². The van der Waals surface area contributed by atoms with Gasteiger partial charge in [0, 0.05) is 0 Å². The number of hydrogen-bond acceptors (Lipinski definition) is 6. The SMILES string of the molecule is CCOc1ccc(C(=O)OCC(=O)NC2(C)CCS(=O)(=O)C2)cc1. The molecular formula is C16H21NO6S. The second-order valence-corrected chi connectivity index (χ2v) is 8.17. The van der Waals surface area contributed by atoms with E-state index in [4.69, 9.17) is 9.47 Å². The van der Waals surface area contributed by atoms with E-state index in [1.165, 1.54) is 0 Å². The molecule has 2 rings (SSSR count). The molecular weight excluding hydrogens is 334 g/mol. The minimum atomic E-state index is -3.12. The fourth-order valence-corrected chi connectivity index (χ4v) is 4.64. The Hall–Kier alpha value is -2.09. The number of benzene rings is 1. The van der Waals surface area contributed by atoms with E-state index in [-0.39, 0.29) is 11.5 Å². The normalized spacial score (nSPS) is 21.9. The first kappa shape index (κ1) is 18.3. The Labute approximate surface area is 141 Å². The van der Waals surface area contributed by atoms with Gasteiger partial charge >= 0.3 is 5.97 Å². The first-order chi connectivity index (χ1) is 11.2. The van der Waals surface area contributed by atoms with E-state index in [0.29, 0.717) is 24.3 Å². The number of esters is 1. The third kappa shape index (κ3) is 4.95. The number of carbonyl (C=O) groups excluding carboxylic acids is 2. The van der Waals surface area contributed by atoms with Crippen LogP contribution in [0.2, 0.25) is 0 Å². The molecule has 1 unspecified atom stereocenters. The van der Waals surface area contributed by atoms with E-state index in [1.807, 2.05) is 6.92 Å². The molecule has 1 atom stereocenters. The topological polar surface area (TPSA) is 98.8 Å². The van der Waals surface area contributed by atoms with E-state index >= 15 is 0 Å². The average Bonchev–Trinajstić information content (AvgIpc) is 2.79. The van der Waals surface area contributed by atoms with Crippen LogP contribution in [0.1, 0.15) is 30.6 Å². The van der Waals surface area contributed by atoms with Crippen molar-refractivity contribution in [2.24, 2.45) is 0 Å².